The molecule has 0 saturated heterocycles. The van der Waals surface area contributed by atoms with Crippen LogP contribution in [-0.4, -0.2) is 43.9 Å². The summed E-state index contributed by atoms with van der Waals surface area (Å²) in [5.41, 5.74) is -3.31. The number of hydrogen-bond donors (Lipinski definition) is 2. The zero-order valence-corrected chi connectivity index (χ0v) is 14.8. The molecule has 1 aromatic rings. The van der Waals surface area contributed by atoms with Crippen LogP contribution in [0, 0.1) is 0 Å². The van der Waals surface area contributed by atoms with Gasteiger partial charge in [0.05, 0.1) is 0 Å². The SMILES string of the molecule is C[Si](C)(C)CCCn1c(=O)n(CC(=O)O)c(=O)n(CC(=O)O)c1=O. The molecule has 1 aromatic heterocycles. The lowest BCUT2D eigenvalue weighted by Crippen LogP contribution is -2.55. The van der Waals surface area contributed by atoms with E-state index in [1.165, 1.54) is 0 Å². The van der Waals surface area contributed by atoms with Gasteiger partial charge >= 0.3 is 29.0 Å². The molecule has 0 saturated carbocycles. The highest BCUT2D eigenvalue weighted by atomic mass is 28.3. The molecular weight excluding hydrogens is 338 g/mol. The maximum absolute atomic E-state index is 12.3. The van der Waals surface area contributed by atoms with Gasteiger partial charge in [-0.05, 0) is 6.42 Å². The van der Waals surface area contributed by atoms with Crippen molar-refractivity contribution in [2.75, 3.05) is 0 Å². The van der Waals surface area contributed by atoms with Crippen molar-refractivity contribution in [1.29, 1.82) is 0 Å². The van der Waals surface area contributed by atoms with Crippen molar-refractivity contribution in [3.05, 3.63) is 31.5 Å². The fourth-order valence-corrected chi connectivity index (χ4v) is 3.40. The van der Waals surface area contributed by atoms with Crippen molar-refractivity contribution < 1.29 is 19.8 Å². The second kappa shape index (κ2) is 7.42. The molecule has 11 heteroatoms. The highest BCUT2D eigenvalue weighted by molar-refractivity contribution is 6.76. The normalized spacial score (nSPS) is 11.5. The molecule has 1 rings (SSSR count). The molecule has 0 amide bonds. The van der Waals surface area contributed by atoms with Gasteiger partial charge in [0.15, 0.2) is 0 Å². The molecule has 2 N–H and O–H groups in total. The van der Waals surface area contributed by atoms with Gasteiger partial charge in [-0.25, -0.2) is 28.1 Å². The molecule has 0 aromatic carbocycles. The topological polar surface area (TPSA) is 141 Å². The van der Waals surface area contributed by atoms with E-state index >= 15 is 0 Å². The average molecular weight is 359 g/mol. The van der Waals surface area contributed by atoms with Crippen LogP contribution in [0.5, 0.6) is 0 Å². The first kappa shape index (κ1) is 19.6. The molecule has 10 nitrogen and oxygen atoms in total. The Labute approximate surface area is 137 Å². The molecule has 134 valence electrons. The van der Waals surface area contributed by atoms with Crippen LogP contribution in [0.3, 0.4) is 0 Å². The van der Waals surface area contributed by atoms with Crippen LogP contribution in [0.25, 0.3) is 0 Å². The number of aromatic nitrogens is 3. The maximum atomic E-state index is 12.3. The number of rotatable bonds is 8. The molecule has 0 spiro atoms. The third kappa shape index (κ3) is 5.04. The first-order valence-corrected chi connectivity index (χ1v) is 11.0. The van der Waals surface area contributed by atoms with Gasteiger partial charge in [0, 0.05) is 14.6 Å². The molecule has 24 heavy (non-hydrogen) atoms. The zero-order chi connectivity index (χ0) is 18.7. The smallest absolute Gasteiger partial charge is 0.337 e. The van der Waals surface area contributed by atoms with Crippen LogP contribution in [0.1, 0.15) is 6.42 Å². The predicted molar refractivity (Wildman–Crippen MR) is 87.3 cm³/mol. The van der Waals surface area contributed by atoms with E-state index in [0.29, 0.717) is 15.6 Å². The van der Waals surface area contributed by atoms with Crippen molar-refractivity contribution in [3.8, 4) is 0 Å². The van der Waals surface area contributed by atoms with Crippen LogP contribution in [0.2, 0.25) is 25.7 Å². The third-order valence-corrected chi connectivity index (χ3v) is 5.13. The Kier molecular flexibility index (Phi) is 6.07. The first-order chi connectivity index (χ1) is 10.9. The summed E-state index contributed by atoms with van der Waals surface area (Å²) in [6.07, 6.45) is 0.503. The van der Waals surface area contributed by atoms with Gasteiger partial charge in [-0.1, -0.05) is 25.7 Å². The van der Waals surface area contributed by atoms with Crippen LogP contribution in [0.4, 0.5) is 0 Å². The number of carboxylic acid groups (broad SMARTS) is 2. The van der Waals surface area contributed by atoms with E-state index in [0.717, 1.165) is 10.6 Å². The number of carboxylic acids is 2. The van der Waals surface area contributed by atoms with Gasteiger partial charge in [0.2, 0.25) is 0 Å². The molecule has 0 aliphatic rings. The Bertz CT molecular complexity index is 759. The second-order valence-corrected chi connectivity index (χ2v) is 12.2. The molecule has 0 radical (unpaired) electrons. The Morgan fingerprint density at radius 3 is 1.54 bits per heavy atom. The van der Waals surface area contributed by atoms with Gasteiger partial charge < -0.3 is 10.2 Å². The van der Waals surface area contributed by atoms with E-state index in [1.54, 1.807) is 0 Å². The summed E-state index contributed by atoms with van der Waals surface area (Å²) in [5.74, 6) is -2.88. The van der Waals surface area contributed by atoms with Crippen LogP contribution < -0.4 is 17.1 Å². The zero-order valence-electron chi connectivity index (χ0n) is 13.8. The molecule has 0 aliphatic carbocycles. The molecule has 0 bridgehead atoms. The number of hydrogen-bond acceptors (Lipinski definition) is 5. The summed E-state index contributed by atoms with van der Waals surface area (Å²) >= 11 is 0. The molecule has 1 heterocycles. The van der Waals surface area contributed by atoms with E-state index in [2.05, 4.69) is 19.6 Å². The number of aliphatic carboxylic acids is 2. The Hall–Kier alpha value is -2.43. The minimum absolute atomic E-state index is 0.00144. The number of carbonyl (C=O) groups is 2. The van der Waals surface area contributed by atoms with E-state index < -0.39 is 50.2 Å². The highest BCUT2D eigenvalue weighted by Crippen LogP contribution is 2.10. The summed E-state index contributed by atoms with van der Waals surface area (Å²) in [6.45, 7) is 4.47. The van der Waals surface area contributed by atoms with Crippen molar-refractivity contribution in [3.63, 3.8) is 0 Å². The summed E-state index contributed by atoms with van der Waals surface area (Å²) in [5, 5.41) is 17.7. The van der Waals surface area contributed by atoms with Gasteiger partial charge in [-0.3, -0.25) is 9.59 Å². The van der Waals surface area contributed by atoms with E-state index in [-0.39, 0.29) is 6.54 Å². The van der Waals surface area contributed by atoms with Gasteiger partial charge in [-0.15, -0.1) is 0 Å². The largest absolute Gasteiger partial charge is 0.480 e. The van der Waals surface area contributed by atoms with Gasteiger partial charge in [-0.2, -0.15) is 0 Å². The third-order valence-electron chi connectivity index (χ3n) is 3.28. The van der Waals surface area contributed by atoms with Crippen molar-refractivity contribution in [1.82, 2.24) is 13.7 Å². The summed E-state index contributed by atoms with van der Waals surface area (Å²) in [6, 6.07) is 0.815. The second-order valence-electron chi connectivity index (χ2n) is 6.62. The fourth-order valence-electron chi connectivity index (χ4n) is 2.18. The maximum Gasteiger partial charge on any atom is 0.337 e. The van der Waals surface area contributed by atoms with Crippen LogP contribution >= 0.6 is 0 Å². The van der Waals surface area contributed by atoms with Crippen molar-refractivity contribution in [2.45, 2.75) is 51.7 Å². The molecule has 0 unspecified atom stereocenters. The van der Waals surface area contributed by atoms with Crippen LogP contribution in [-0.2, 0) is 29.2 Å². The summed E-state index contributed by atoms with van der Waals surface area (Å²) in [4.78, 5) is 58.2. The van der Waals surface area contributed by atoms with E-state index in [1.807, 2.05) is 0 Å². The van der Waals surface area contributed by atoms with Gasteiger partial charge in [0.25, 0.3) is 0 Å². The summed E-state index contributed by atoms with van der Waals surface area (Å²) < 4.78 is 1.45. The summed E-state index contributed by atoms with van der Waals surface area (Å²) in [7, 11) is -1.42. The predicted octanol–water partition coefficient (Wildman–Crippen LogP) is -0.931. The van der Waals surface area contributed by atoms with Crippen molar-refractivity contribution >= 4 is 20.0 Å². The highest BCUT2D eigenvalue weighted by Gasteiger charge is 2.19. The lowest BCUT2D eigenvalue weighted by Gasteiger charge is -2.16. The minimum Gasteiger partial charge on any atom is -0.480 e. The lowest BCUT2D eigenvalue weighted by molar-refractivity contribution is -0.138. The molecule has 0 atom stereocenters. The average Bonchev–Trinajstić information content (AvgIpc) is 2.42. The number of nitrogens with zero attached hydrogens (tertiary/aromatic N) is 3. The fraction of sp³-hybridized carbons (Fsp3) is 0.615. The van der Waals surface area contributed by atoms with E-state index in [4.69, 9.17) is 10.2 Å². The Morgan fingerprint density at radius 2 is 1.21 bits per heavy atom. The Balaban J connectivity index is 3.43. The quantitative estimate of drug-likeness (QED) is 0.571. The molecule has 0 fully saturated rings. The lowest BCUT2D eigenvalue weighted by atomic mass is 10.4. The molecular formula is C13H21N3O7Si. The van der Waals surface area contributed by atoms with Crippen molar-refractivity contribution in [2.24, 2.45) is 0 Å². The van der Waals surface area contributed by atoms with E-state index in [9.17, 15) is 24.0 Å². The van der Waals surface area contributed by atoms with Gasteiger partial charge in [0.1, 0.15) is 13.1 Å². The Morgan fingerprint density at radius 1 is 0.833 bits per heavy atom. The molecule has 0 aliphatic heterocycles. The monoisotopic (exact) mass is 359 g/mol. The van der Waals surface area contributed by atoms with Crippen LogP contribution in [0.15, 0.2) is 14.4 Å². The standard InChI is InChI=1S/C13H21N3O7Si/c1-24(2,3)6-4-5-14-11(21)15(7-9(17)18)13(23)16(12(14)22)8-10(19)20/h4-8H2,1-3H3,(H,17,18)(H,19,20). The minimum atomic E-state index is -1.44. The first-order valence-electron chi connectivity index (χ1n) is 7.32.